The zero-order valence-corrected chi connectivity index (χ0v) is 12.5. The number of amides is 1. The summed E-state index contributed by atoms with van der Waals surface area (Å²) in [5, 5.41) is 2.87. The molecule has 1 aromatic rings. The van der Waals surface area contributed by atoms with E-state index in [0.717, 1.165) is 24.5 Å². The smallest absolute Gasteiger partial charge is 0.238 e. The maximum Gasteiger partial charge on any atom is 0.238 e. The van der Waals surface area contributed by atoms with Crippen LogP contribution >= 0.6 is 0 Å². The molecule has 0 unspecified atom stereocenters. The summed E-state index contributed by atoms with van der Waals surface area (Å²) in [5.74, 6) is 0.769. The molecule has 0 bridgehead atoms. The van der Waals surface area contributed by atoms with Gasteiger partial charge in [0.15, 0.2) is 0 Å². The van der Waals surface area contributed by atoms with Crippen LogP contribution < -0.4 is 10.1 Å². The van der Waals surface area contributed by atoms with E-state index >= 15 is 0 Å². The fourth-order valence-corrected chi connectivity index (χ4v) is 1.73. The van der Waals surface area contributed by atoms with Crippen LogP contribution in [0.2, 0.25) is 0 Å². The zero-order chi connectivity index (χ0) is 14.8. The Bertz CT molecular complexity index is 389. The summed E-state index contributed by atoms with van der Waals surface area (Å²) in [6, 6.07) is 7.34. The number of anilines is 1. The molecule has 0 fully saturated rings. The fraction of sp³-hybridized carbons (Fsp3) is 0.533. The molecule has 0 atom stereocenters. The van der Waals surface area contributed by atoms with Gasteiger partial charge in [0.05, 0.1) is 13.2 Å². The zero-order valence-electron chi connectivity index (χ0n) is 12.5. The van der Waals surface area contributed by atoms with E-state index in [4.69, 9.17) is 9.47 Å². The van der Waals surface area contributed by atoms with Crippen molar-refractivity contribution in [2.75, 3.05) is 45.3 Å². The van der Waals surface area contributed by atoms with Gasteiger partial charge in [0.25, 0.3) is 0 Å². The molecule has 0 saturated heterocycles. The first-order chi connectivity index (χ1) is 9.69. The number of nitrogens with zero attached hydrogens (tertiary/aromatic N) is 1. The van der Waals surface area contributed by atoms with E-state index in [0.29, 0.717) is 19.8 Å². The third kappa shape index (κ3) is 6.04. The van der Waals surface area contributed by atoms with Crippen molar-refractivity contribution in [3.63, 3.8) is 0 Å². The predicted molar refractivity (Wildman–Crippen MR) is 80.2 cm³/mol. The summed E-state index contributed by atoms with van der Waals surface area (Å²) in [7, 11) is 1.64. The monoisotopic (exact) mass is 280 g/mol. The highest BCUT2D eigenvalue weighted by atomic mass is 16.5. The van der Waals surface area contributed by atoms with Crippen molar-refractivity contribution in [1.29, 1.82) is 0 Å². The summed E-state index contributed by atoms with van der Waals surface area (Å²) in [6.45, 7) is 7.32. The standard InChI is InChI=1S/C15H24N2O3/c1-4-17(5-2)12-15(18)16-13-6-8-14(9-7-13)20-11-10-19-3/h6-9H,4-5,10-12H2,1-3H3,(H,16,18). The lowest BCUT2D eigenvalue weighted by Gasteiger charge is -2.17. The molecule has 112 valence electrons. The molecule has 5 heteroatoms. The van der Waals surface area contributed by atoms with Gasteiger partial charge in [-0.1, -0.05) is 13.8 Å². The second-order valence-corrected chi connectivity index (χ2v) is 4.38. The number of rotatable bonds is 9. The van der Waals surface area contributed by atoms with Crippen LogP contribution in [0, 0.1) is 0 Å². The summed E-state index contributed by atoms with van der Waals surface area (Å²) in [4.78, 5) is 13.9. The summed E-state index contributed by atoms with van der Waals surface area (Å²) >= 11 is 0. The van der Waals surface area contributed by atoms with E-state index in [2.05, 4.69) is 10.2 Å². The molecule has 1 rings (SSSR count). The fourth-order valence-electron chi connectivity index (χ4n) is 1.73. The van der Waals surface area contributed by atoms with Gasteiger partial charge in [-0.2, -0.15) is 0 Å². The van der Waals surface area contributed by atoms with Crippen LogP contribution in [-0.4, -0.2) is 50.8 Å². The minimum absolute atomic E-state index is 0.00162. The second kappa shape index (κ2) is 9.34. The van der Waals surface area contributed by atoms with Crippen LogP contribution in [0.25, 0.3) is 0 Å². The first kappa shape index (κ1) is 16.5. The van der Waals surface area contributed by atoms with Crippen LogP contribution in [0.4, 0.5) is 5.69 Å². The lowest BCUT2D eigenvalue weighted by Crippen LogP contribution is -2.32. The van der Waals surface area contributed by atoms with Crippen LogP contribution in [0.1, 0.15) is 13.8 Å². The molecular formula is C15H24N2O3. The molecule has 0 spiro atoms. The van der Waals surface area contributed by atoms with Gasteiger partial charge < -0.3 is 14.8 Å². The van der Waals surface area contributed by atoms with Gasteiger partial charge in [0, 0.05) is 12.8 Å². The normalized spacial score (nSPS) is 10.6. The third-order valence-electron chi connectivity index (χ3n) is 2.96. The maximum atomic E-state index is 11.8. The van der Waals surface area contributed by atoms with Gasteiger partial charge >= 0.3 is 0 Å². The molecule has 0 aliphatic rings. The molecule has 0 saturated carbocycles. The lowest BCUT2D eigenvalue weighted by atomic mass is 10.3. The summed E-state index contributed by atoms with van der Waals surface area (Å²) < 4.78 is 10.4. The Morgan fingerprint density at radius 1 is 1.15 bits per heavy atom. The maximum absolute atomic E-state index is 11.8. The van der Waals surface area contributed by atoms with Crippen molar-refractivity contribution >= 4 is 11.6 Å². The van der Waals surface area contributed by atoms with Gasteiger partial charge in [0.2, 0.25) is 5.91 Å². The quantitative estimate of drug-likeness (QED) is 0.703. The molecule has 5 nitrogen and oxygen atoms in total. The van der Waals surface area contributed by atoms with E-state index in [1.165, 1.54) is 0 Å². The Hall–Kier alpha value is -1.59. The molecule has 1 aromatic carbocycles. The number of likely N-dealkylation sites (N-methyl/N-ethyl adjacent to an activating group) is 1. The number of nitrogens with one attached hydrogen (secondary N) is 1. The van der Waals surface area contributed by atoms with Gasteiger partial charge in [-0.3, -0.25) is 9.69 Å². The SMILES string of the molecule is CCN(CC)CC(=O)Nc1ccc(OCCOC)cc1. The molecule has 1 amide bonds. The van der Waals surface area contributed by atoms with E-state index in [1.807, 2.05) is 38.1 Å². The highest BCUT2D eigenvalue weighted by molar-refractivity contribution is 5.92. The molecule has 1 N–H and O–H groups in total. The highest BCUT2D eigenvalue weighted by Gasteiger charge is 2.07. The molecule has 0 heterocycles. The number of carbonyl (C=O) groups is 1. The molecule has 20 heavy (non-hydrogen) atoms. The Balaban J connectivity index is 2.42. The van der Waals surface area contributed by atoms with Crippen molar-refractivity contribution in [2.24, 2.45) is 0 Å². The number of benzene rings is 1. The van der Waals surface area contributed by atoms with E-state index in [-0.39, 0.29) is 5.91 Å². The first-order valence-electron chi connectivity index (χ1n) is 6.93. The topological polar surface area (TPSA) is 50.8 Å². The lowest BCUT2D eigenvalue weighted by molar-refractivity contribution is -0.117. The number of hydrogen-bond donors (Lipinski definition) is 1. The van der Waals surface area contributed by atoms with E-state index < -0.39 is 0 Å². The summed E-state index contributed by atoms with van der Waals surface area (Å²) in [6.07, 6.45) is 0. The van der Waals surface area contributed by atoms with Crippen LogP contribution in [0.3, 0.4) is 0 Å². The van der Waals surface area contributed by atoms with Gasteiger partial charge in [-0.15, -0.1) is 0 Å². The second-order valence-electron chi connectivity index (χ2n) is 4.38. The molecule has 0 radical (unpaired) electrons. The van der Waals surface area contributed by atoms with Crippen molar-refractivity contribution in [3.8, 4) is 5.75 Å². The van der Waals surface area contributed by atoms with Crippen molar-refractivity contribution in [2.45, 2.75) is 13.8 Å². The van der Waals surface area contributed by atoms with Crippen LogP contribution in [0.5, 0.6) is 5.75 Å². The Kier molecular flexibility index (Phi) is 7.69. The molecule has 0 aliphatic carbocycles. The summed E-state index contributed by atoms with van der Waals surface area (Å²) in [5.41, 5.74) is 0.779. The third-order valence-corrected chi connectivity index (χ3v) is 2.96. The highest BCUT2D eigenvalue weighted by Crippen LogP contribution is 2.15. The van der Waals surface area contributed by atoms with Crippen LogP contribution in [0.15, 0.2) is 24.3 Å². The predicted octanol–water partition coefficient (Wildman–Crippen LogP) is 1.99. The molecular weight excluding hydrogens is 256 g/mol. The largest absolute Gasteiger partial charge is 0.491 e. The van der Waals surface area contributed by atoms with Crippen molar-refractivity contribution in [3.05, 3.63) is 24.3 Å². The molecule has 0 aromatic heterocycles. The Labute approximate surface area is 120 Å². The van der Waals surface area contributed by atoms with Crippen molar-refractivity contribution < 1.29 is 14.3 Å². The minimum Gasteiger partial charge on any atom is -0.491 e. The number of hydrogen-bond acceptors (Lipinski definition) is 4. The van der Waals surface area contributed by atoms with Gasteiger partial charge in [-0.05, 0) is 37.4 Å². The number of carbonyl (C=O) groups excluding carboxylic acids is 1. The Morgan fingerprint density at radius 2 is 1.80 bits per heavy atom. The first-order valence-corrected chi connectivity index (χ1v) is 6.93. The van der Waals surface area contributed by atoms with Crippen molar-refractivity contribution in [1.82, 2.24) is 4.90 Å². The van der Waals surface area contributed by atoms with E-state index in [1.54, 1.807) is 7.11 Å². The minimum atomic E-state index is 0.00162. The number of methoxy groups -OCH3 is 1. The van der Waals surface area contributed by atoms with Gasteiger partial charge in [-0.25, -0.2) is 0 Å². The van der Waals surface area contributed by atoms with Crippen LogP contribution in [-0.2, 0) is 9.53 Å². The van der Waals surface area contributed by atoms with Gasteiger partial charge in [0.1, 0.15) is 12.4 Å². The van der Waals surface area contributed by atoms with E-state index in [9.17, 15) is 4.79 Å². The molecule has 0 aliphatic heterocycles. The average molecular weight is 280 g/mol. The average Bonchev–Trinajstić information content (AvgIpc) is 2.47. The Morgan fingerprint density at radius 3 is 2.35 bits per heavy atom. The number of ether oxygens (including phenoxy) is 2.